The van der Waals surface area contributed by atoms with E-state index in [9.17, 15) is 19.2 Å². The number of esters is 1. The summed E-state index contributed by atoms with van der Waals surface area (Å²) in [6.45, 7) is 3.25. The third-order valence-electron chi connectivity index (χ3n) is 5.82. The Kier molecular flexibility index (Phi) is 8.15. The number of nitrogens with one attached hydrogen (secondary N) is 1. The summed E-state index contributed by atoms with van der Waals surface area (Å²) in [4.78, 5) is 57.2. The van der Waals surface area contributed by atoms with Crippen molar-refractivity contribution in [1.29, 1.82) is 0 Å². The summed E-state index contributed by atoms with van der Waals surface area (Å²) in [5.41, 5.74) is 13.4. The van der Waals surface area contributed by atoms with E-state index in [0.717, 1.165) is 10.9 Å². The van der Waals surface area contributed by atoms with E-state index in [2.05, 4.69) is 14.7 Å². The van der Waals surface area contributed by atoms with Crippen LogP contribution in [0.2, 0.25) is 0 Å². The van der Waals surface area contributed by atoms with Gasteiger partial charge >= 0.3 is 5.97 Å². The maximum absolute atomic E-state index is 14.1. The molecule has 4 aromatic rings. The predicted octanol–water partition coefficient (Wildman–Crippen LogP) is 2.75. The van der Waals surface area contributed by atoms with Crippen molar-refractivity contribution < 1.29 is 23.9 Å². The van der Waals surface area contributed by atoms with E-state index < -0.39 is 36.3 Å². The van der Waals surface area contributed by atoms with Gasteiger partial charge in [-0.1, -0.05) is 24.3 Å². The standard InChI is InChI=1S/C27H26N6O5S/c1-3-38-20(34)14-31-26(36)23(17-9-10-19-16(13-17)7-5-11-30-19)33(18-8-4-6-15(2)12-18)27(37)24-21(28)22(25(29)35)32-39-24/h4-13,23H,3,14,28H2,1-2H3,(H2,29,35)(H,31,36). The van der Waals surface area contributed by atoms with Crippen LogP contribution in [-0.2, 0) is 14.3 Å². The molecule has 2 heterocycles. The summed E-state index contributed by atoms with van der Waals surface area (Å²) in [6, 6.07) is 14.5. The van der Waals surface area contributed by atoms with Crippen LogP contribution in [0.5, 0.6) is 0 Å². The first kappa shape index (κ1) is 27.2. The number of nitrogens with two attached hydrogens (primary N) is 2. The average Bonchev–Trinajstić information content (AvgIpc) is 3.31. The number of carbonyl (C=O) groups is 4. The fourth-order valence-corrected chi connectivity index (χ4v) is 4.79. The van der Waals surface area contributed by atoms with Crippen molar-refractivity contribution in [3.63, 3.8) is 0 Å². The fourth-order valence-electron chi connectivity index (χ4n) is 4.05. The molecule has 1 atom stereocenters. The van der Waals surface area contributed by atoms with E-state index in [1.54, 1.807) is 55.6 Å². The second-order valence-electron chi connectivity index (χ2n) is 8.53. The van der Waals surface area contributed by atoms with Crippen molar-refractivity contribution >= 4 is 57.5 Å². The Balaban J connectivity index is 1.89. The van der Waals surface area contributed by atoms with Gasteiger partial charge in [0.1, 0.15) is 17.5 Å². The molecule has 2 aromatic carbocycles. The Bertz CT molecular complexity index is 1570. The van der Waals surface area contributed by atoms with Gasteiger partial charge in [0.25, 0.3) is 11.8 Å². The molecule has 39 heavy (non-hydrogen) atoms. The molecule has 0 bridgehead atoms. The maximum Gasteiger partial charge on any atom is 0.325 e. The highest BCUT2D eigenvalue weighted by atomic mass is 32.1. The molecule has 0 saturated carbocycles. The molecule has 200 valence electrons. The van der Waals surface area contributed by atoms with Gasteiger partial charge in [0, 0.05) is 17.3 Å². The summed E-state index contributed by atoms with van der Waals surface area (Å²) >= 11 is 0.709. The van der Waals surface area contributed by atoms with Gasteiger partial charge in [-0.2, -0.15) is 4.37 Å². The zero-order chi connectivity index (χ0) is 28.1. The second kappa shape index (κ2) is 11.7. The highest BCUT2D eigenvalue weighted by molar-refractivity contribution is 7.09. The smallest absolute Gasteiger partial charge is 0.325 e. The minimum absolute atomic E-state index is 0.0593. The number of fused-ring (bicyclic) bond motifs is 1. The zero-order valence-corrected chi connectivity index (χ0v) is 22.0. The normalized spacial score (nSPS) is 11.5. The van der Waals surface area contributed by atoms with Crippen LogP contribution in [0.25, 0.3) is 10.9 Å². The number of nitrogen functional groups attached to an aromatic ring is 1. The Morgan fingerprint density at radius 3 is 2.59 bits per heavy atom. The van der Waals surface area contributed by atoms with E-state index in [-0.39, 0.29) is 22.9 Å². The Hall–Kier alpha value is -4.84. The van der Waals surface area contributed by atoms with Gasteiger partial charge in [-0.3, -0.25) is 29.1 Å². The van der Waals surface area contributed by atoms with Gasteiger partial charge in [-0.25, -0.2) is 0 Å². The summed E-state index contributed by atoms with van der Waals surface area (Å²) in [5.74, 6) is -2.82. The highest BCUT2D eigenvalue weighted by Gasteiger charge is 2.36. The van der Waals surface area contributed by atoms with Crippen LogP contribution in [0.1, 0.15) is 44.3 Å². The number of carbonyl (C=O) groups excluding carboxylic acids is 4. The molecule has 0 aliphatic heterocycles. The van der Waals surface area contributed by atoms with Gasteiger partial charge in [0.15, 0.2) is 5.69 Å². The number of aromatic nitrogens is 2. The molecule has 2 aromatic heterocycles. The number of amides is 3. The molecule has 0 aliphatic rings. The van der Waals surface area contributed by atoms with Gasteiger partial charge < -0.3 is 21.5 Å². The first-order chi connectivity index (χ1) is 18.7. The molecule has 0 spiro atoms. The molecule has 0 aliphatic carbocycles. The van der Waals surface area contributed by atoms with Crippen LogP contribution in [0.4, 0.5) is 11.4 Å². The van der Waals surface area contributed by atoms with Crippen LogP contribution in [0.15, 0.2) is 60.8 Å². The lowest BCUT2D eigenvalue weighted by Gasteiger charge is -2.31. The van der Waals surface area contributed by atoms with E-state index in [0.29, 0.717) is 28.3 Å². The number of primary amides is 1. The van der Waals surface area contributed by atoms with Crippen LogP contribution >= 0.6 is 11.5 Å². The molecular formula is C27H26N6O5S. The molecule has 12 heteroatoms. The number of hydrogen-bond donors (Lipinski definition) is 3. The molecule has 0 radical (unpaired) electrons. The average molecular weight is 547 g/mol. The maximum atomic E-state index is 14.1. The van der Waals surface area contributed by atoms with Crippen LogP contribution in [0.3, 0.4) is 0 Å². The number of benzene rings is 2. The molecular weight excluding hydrogens is 520 g/mol. The molecule has 3 amide bonds. The zero-order valence-electron chi connectivity index (χ0n) is 21.2. The lowest BCUT2D eigenvalue weighted by atomic mass is 10.00. The van der Waals surface area contributed by atoms with Crippen molar-refractivity contribution in [3.8, 4) is 0 Å². The second-order valence-corrected chi connectivity index (χ2v) is 9.31. The van der Waals surface area contributed by atoms with Crippen molar-refractivity contribution in [2.75, 3.05) is 23.8 Å². The predicted molar refractivity (Wildman–Crippen MR) is 147 cm³/mol. The third kappa shape index (κ3) is 5.85. The molecule has 1 unspecified atom stereocenters. The van der Waals surface area contributed by atoms with Crippen LogP contribution in [0, 0.1) is 6.92 Å². The molecule has 4 rings (SSSR count). The van der Waals surface area contributed by atoms with E-state index in [1.807, 2.05) is 19.1 Å². The summed E-state index contributed by atoms with van der Waals surface area (Å²) in [7, 11) is 0. The quantitative estimate of drug-likeness (QED) is 0.269. The summed E-state index contributed by atoms with van der Waals surface area (Å²) < 4.78 is 8.90. The number of aryl methyl sites for hydroxylation is 1. The molecule has 5 N–H and O–H groups in total. The minimum atomic E-state index is -1.25. The van der Waals surface area contributed by atoms with Crippen molar-refractivity contribution in [2.45, 2.75) is 19.9 Å². The highest BCUT2D eigenvalue weighted by Crippen LogP contribution is 2.34. The fraction of sp³-hybridized carbons (Fsp3) is 0.185. The number of rotatable bonds is 9. The monoisotopic (exact) mass is 546 g/mol. The number of anilines is 2. The largest absolute Gasteiger partial charge is 0.465 e. The van der Waals surface area contributed by atoms with Crippen molar-refractivity contribution in [1.82, 2.24) is 14.7 Å². The van der Waals surface area contributed by atoms with Gasteiger partial charge in [-0.15, -0.1) is 0 Å². The Labute approximate surface area is 227 Å². The van der Waals surface area contributed by atoms with Crippen molar-refractivity contribution in [3.05, 3.63) is 82.5 Å². The number of nitrogens with zero attached hydrogens (tertiary/aromatic N) is 3. The van der Waals surface area contributed by atoms with Gasteiger partial charge in [0.05, 0.1) is 17.8 Å². The van der Waals surface area contributed by atoms with Crippen LogP contribution < -0.4 is 21.7 Å². The van der Waals surface area contributed by atoms with Crippen molar-refractivity contribution in [2.24, 2.45) is 5.73 Å². The first-order valence-electron chi connectivity index (χ1n) is 11.9. The first-order valence-corrected chi connectivity index (χ1v) is 12.7. The van der Waals surface area contributed by atoms with E-state index in [4.69, 9.17) is 16.2 Å². The summed E-state index contributed by atoms with van der Waals surface area (Å²) in [6.07, 6.45) is 1.65. The lowest BCUT2D eigenvalue weighted by Crippen LogP contribution is -2.45. The Morgan fingerprint density at radius 1 is 1.10 bits per heavy atom. The van der Waals surface area contributed by atoms with Crippen LogP contribution in [-0.4, -0.2) is 46.2 Å². The number of hydrogen-bond acceptors (Lipinski definition) is 9. The summed E-state index contributed by atoms with van der Waals surface area (Å²) in [5, 5.41) is 3.32. The molecule has 11 nitrogen and oxygen atoms in total. The topological polar surface area (TPSA) is 171 Å². The number of pyridine rings is 1. The van der Waals surface area contributed by atoms with E-state index in [1.165, 1.54) is 4.90 Å². The van der Waals surface area contributed by atoms with Gasteiger partial charge in [-0.05, 0) is 66.8 Å². The SMILES string of the molecule is CCOC(=O)CNC(=O)C(c1ccc2ncccc2c1)N(C(=O)c1snc(C(N)=O)c1N)c1cccc(C)c1. The lowest BCUT2D eigenvalue weighted by molar-refractivity contribution is -0.143. The minimum Gasteiger partial charge on any atom is -0.465 e. The van der Waals surface area contributed by atoms with E-state index >= 15 is 0 Å². The number of ether oxygens (including phenoxy) is 1. The Morgan fingerprint density at radius 2 is 1.90 bits per heavy atom. The third-order valence-corrected chi connectivity index (χ3v) is 6.67. The molecule has 0 fully saturated rings. The van der Waals surface area contributed by atoms with Gasteiger partial charge in [0.2, 0.25) is 5.91 Å². The molecule has 0 saturated heterocycles.